The fraction of sp³-hybridized carbons (Fsp3) is 0.300. The van der Waals surface area contributed by atoms with Gasteiger partial charge < -0.3 is 0 Å². The summed E-state index contributed by atoms with van der Waals surface area (Å²) in [5, 5.41) is 0. The SMILES string of the molecule is CC(=O)c1ccccc1O[I-]COc1ccccc1C(=O)OC(C)(C)C. The average molecular weight is 469 g/mol. The van der Waals surface area contributed by atoms with Crippen molar-refractivity contribution < 1.29 is 43.7 Å². The van der Waals surface area contributed by atoms with Crippen LogP contribution in [0.5, 0.6) is 11.5 Å². The summed E-state index contributed by atoms with van der Waals surface area (Å²) in [5.41, 5.74) is 0.369. The molecule has 0 aliphatic rings. The van der Waals surface area contributed by atoms with Crippen molar-refractivity contribution in [1.29, 1.82) is 0 Å². The summed E-state index contributed by atoms with van der Waals surface area (Å²) in [6.07, 6.45) is 0. The Bertz CT molecular complexity index is 780. The molecule has 0 unspecified atom stereocenters. The zero-order chi connectivity index (χ0) is 19.2. The van der Waals surface area contributed by atoms with Gasteiger partial charge in [-0.05, 0) is 0 Å². The first-order valence-corrected chi connectivity index (χ1v) is 10.5. The molecule has 0 bridgehead atoms. The molecule has 0 saturated heterocycles. The molecule has 0 radical (unpaired) electrons. The minimum atomic E-state index is -0.809. The number of benzene rings is 2. The Morgan fingerprint density at radius 1 is 0.923 bits per heavy atom. The molecule has 0 aliphatic carbocycles. The molecule has 0 saturated carbocycles. The maximum atomic E-state index is 12.3. The van der Waals surface area contributed by atoms with E-state index in [1.54, 1.807) is 42.5 Å². The van der Waals surface area contributed by atoms with Crippen LogP contribution in [0.1, 0.15) is 48.4 Å². The molecule has 6 heteroatoms. The van der Waals surface area contributed by atoms with Crippen LogP contribution in [0.2, 0.25) is 0 Å². The van der Waals surface area contributed by atoms with Gasteiger partial charge in [-0.2, -0.15) is 0 Å². The summed E-state index contributed by atoms with van der Waals surface area (Å²) < 4.78 is 17.2. The van der Waals surface area contributed by atoms with Crippen molar-refractivity contribution in [3.8, 4) is 11.5 Å². The molecule has 0 N–H and O–H groups in total. The second-order valence-corrected chi connectivity index (χ2v) is 8.18. The third kappa shape index (κ3) is 6.01. The van der Waals surface area contributed by atoms with Crippen LogP contribution in [-0.2, 0) is 4.74 Å². The summed E-state index contributed by atoms with van der Waals surface area (Å²) >= 11 is -0.809. The monoisotopic (exact) mass is 469 g/mol. The Labute approximate surface area is 164 Å². The zero-order valence-electron chi connectivity index (χ0n) is 15.2. The van der Waals surface area contributed by atoms with Crippen molar-refractivity contribution in [3.63, 3.8) is 0 Å². The fourth-order valence-corrected chi connectivity index (χ4v) is 3.39. The number of rotatable bonds is 7. The minimum absolute atomic E-state index is 0.0409. The molecular formula is C20H22IO5-. The van der Waals surface area contributed by atoms with Gasteiger partial charge in [-0.15, -0.1) is 0 Å². The van der Waals surface area contributed by atoms with Crippen LogP contribution in [0.25, 0.3) is 0 Å². The normalized spacial score (nSPS) is 11.1. The fourth-order valence-electron chi connectivity index (χ4n) is 2.08. The van der Waals surface area contributed by atoms with E-state index in [2.05, 4.69) is 0 Å². The molecule has 2 aromatic carbocycles. The van der Waals surface area contributed by atoms with Gasteiger partial charge in [0.05, 0.1) is 0 Å². The predicted octanol–water partition coefficient (Wildman–Crippen LogP) is 1.26. The Morgan fingerprint density at radius 2 is 1.50 bits per heavy atom. The molecule has 0 fully saturated rings. The first kappa shape index (κ1) is 20.2. The van der Waals surface area contributed by atoms with Gasteiger partial charge in [0.1, 0.15) is 0 Å². The molecule has 0 aliphatic heterocycles. The molecular weight excluding hydrogens is 447 g/mol. The molecule has 2 rings (SSSR count). The van der Waals surface area contributed by atoms with Crippen molar-refractivity contribution in [2.75, 3.05) is 4.61 Å². The number of para-hydroxylation sites is 2. The first-order chi connectivity index (χ1) is 12.3. The van der Waals surface area contributed by atoms with E-state index in [4.69, 9.17) is 12.5 Å². The number of hydrogen-bond donors (Lipinski definition) is 0. The van der Waals surface area contributed by atoms with Crippen molar-refractivity contribution in [1.82, 2.24) is 0 Å². The molecule has 0 heterocycles. The molecule has 2 aromatic rings. The number of halogens is 1. The van der Waals surface area contributed by atoms with Crippen LogP contribution in [0.3, 0.4) is 0 Å². The quantitative estimate of drug-likeness (QED) is 0.201. The van der Waals surface area contributed by atoms with Gasteiger partial charge in [0.25, 0.3) is 0 Å². The Kier molecular flexibility index (Phi) is 7.02. The summed E-state index contributed by atoms with van der Waals surface area (Å²) in [4.78, 5) is 23.9. The van der Waals surface area contributed by atoms with Crippen molar-refractivity contribution >= 4 is 11.8 Å². The summed E-state index contributed by atoms with van der Waals surface area (Å²) in [6.45, 7) is 6.97. The number of Topliss-reactive ketones (excluding diaryl/α,β-unsaturated/α-hetero) is 1. The van der Waals surface area contributed by atoms with E-state index in [0.717, 1.165) is 0 Å². The zero-order valence-corrected chi connectivity index (χ0v) is 17.4. The van der Waals surface area contributed by atoms with E-state index >= 15 is 0 Å². The van der Waals surface area contributed by atoms with Crippen LogP contribution in [-0.4, -0.2) is 22.0 Å². The number of ketones is 1. The van der Waals surface area contributed by atoms with Gasteiger partial charge in [-0.3, -0.25) is 0 Å². The van der Waals surface area contributed by atoms with E-state index in [0.29, 0.717) is 27.2 Å². The number of ether oxygens (including phenoxy) is 2. The Balaban J connectivity index is 1.97. The Morgan fingerprint density at radius 3 is 2.12 bits per heavy atom. The van der Waals surface area contributed by atoms with E-state index in [-0.39, 0.29) is 5.78 Å². The molecule has 0 amide bonds. The number of carbonyl (C=O) groups is 2. The topological polar surface area (TPSA) is 61.8 Å². The first-order valence-electron chi connectivity index (χ1n) is 8.09. The third-order valence-electron chi connectivity index (χ3n) is 3.16. The van der Waals surface area contributed by atoms with Crippen molar-refractivity contribution in [3.05, 3.63) is 59.7 Å². The van der Waals surface area contributed by atoms with E-state index < -0.39 is 33.2 Å². The van der Waals surface area contributed by atoms with Gasteiger partial charge in [0.15, 0.2) is 0 Å². The van der Waals surface area contributed by atoms with Gasteiger partial charge in [0.2, 0.25) is 0 Å². The van der Waals surface area contributed by atoms with E-state index in [9.17, 15) is 9.59 Å². The standard InChI is InChI=1S/C20H22IO5/c1-14(22)15-9-5-8-12-18(15)26-21-13-24-17-11-7-6-10-16(17)19(23)25-20(2,3)4/h5-12H,13H2,1-4H3/q-1. The van der Waals surface area contributed by atoms with Gasteiger partial charge in [-0.25, -0.2) is 0 Å². The maximum absolute atomic E-state index is 12.3. The van der Waals surface area contributed by atoms with E-state index in [1.807, 2.05) is 26.8 Å². The van der Waals surface area contributed by atoms with Crippen molar-refractivity contribution in [2.45, 2.75) is 33.3 Å². The number of hydrogen-bond acceptors (Lipinski definition) is 5. The number of esters is 1. The van der Waals surface area contributed by atoms with Gasteiger partial charge in [-0.1, -0.05) is 0 Å². The number of alkyl halides is 1. The molecule has 5 nitrogen and oxygen atoms in total. The van der Waals surface area contributed by atoms with Crippen LogP contribution in [0.4, 0.5) is 0 Å². The molecule has 0 spiro atoms. The summed E-state index contributed by atoms with van der Waals surface area (Å²) in [6, 6.07) is 14.1. The second-order valence-electron chi connectivity index (χ2n) is 6.49. The van der Waals surface area contributed by atoms with Gasteiger partial charge >= 0.3 is 165 Å². The predicted molar refractivity (Wildman–Crippen MR) is 94.2 cm³/mol. The van der Waals surface area contributed by atoms with Crippen LogP contribution < -0.4 is 29.4 Å². The molecule has 140 valence electrons. The van der Waals surface area contributed by atoms with E-state index in [1.165, 1.54) is 6.92 Å². The van der Waals surface area contributed by atoms with Crippen LogP contribution in [0, 0.1) is 0 Å². The Hall–Kier alpha value is -2.09. The summed E-state index contributed by atoms with van der Waals surface area (Å²) in [7, 11) is 0. The second kappa shape index (κ2) is 9.02. The van der Waals surface area contributed by atoms with Crippen LogP contribution in [0.15, 0.2) is 48.5 Å². The molecule has 0 atom stereocenters. The van der Waals surface area contributed by atoms with Gasteiger partial charge in [0, 0.05) is 0 Å². The van der Waals surface area contributed by atoms with Crippen molar-refractivity contribution in [2.24, 2.45) is 0 Å². The average Bonchev–Trinajstić information content (AvgIpc) is 2.57. The van der Waals surface area contributed by atoms with Crippen LogP contribution >= 0.6 is 0 Å². The summed E-state index contributed by atoms with van der Waals surface area (Å²) in [5.74, 6) is 0.566. The molecule has 0 aromatic heterocycles. The number of carbonyl (C=O) groups excluding carboxylic acids is 2. The third-order valence-corrected chi connectivity index (χ3v) is 4.52. The molecule has 26 heavy (non-hydrogen) atoms.